The molecule has 3 N–H and O–H groups in total. The second-order valence-corrected chi connectivity index (χ2v) is 8.93. The zero-order valence-corrected chi connectivity index (χ0v) is 20.5. The Morgan fingerprint density at radius 2 is 1.68 bits per heavy atom. The number of nitrogens with one attached hydrogen (secondary N) is 3. The first kappa shape index (κ1) is 24.0. The predicted octanol–water partition coefficient (Wildman–Crippen LogP) is 3.99. The van der Waals surface area contributed by atoms with Crippen LogP contribution < -0.4 is 16.2 Å². The summed E-state index contributed by atoms with van der Waals surface area (Å²) in [5, 5.41) is 7.10. The van der Waals surface area contributed by atoms with Gasteiger partial charge in [0.1, 0.15) is 12.2 Å². The summed E-state index contributed by atoms with van der Waals surface area (Å²) in [6, 6.07) is 24.2. The smallest absolute Gasteiger partial charge is 0.293 e. The first-order valence-corrected chi connectivity index (χ1v) is 12.2. The van der Waals surface area contributed by atoms with Gasteiger partial charge in [-0.2, -0.15) is 0 Å². The van der Waals surface area contributed by atoms with E-state index in [1.54, 1.807) is 19.3 Å². The number of pyridine rings is 1. The van der Waals surface area contributed by atoms with E-state index in [9.17, 15) is 9.59 Å². The second-order valence-electron chi connectivity index (χ2n) is 8.93. The van der Waals surface area contributed by atoms with E-state index in [1.807, 2.05) is 54.7 Å². The SMILES string of the molecule is Cc1cnc(NCC(c2ccccc2)c2ccccc2)c(=O)n1CC(=O)NCc1cnc2[nH]ccc2c1. The molecule has 8 heteroatoms. The first-order chi connectivity index (χ1) is 18.1. The number of carbonyl (C=O) groups excluding carboxylic acids is 1. The number of hydrogen-bond acceptors (Lipinski definition) is 5. The lowest BCUT2D eigenvalue weighted by atomic mass is 9.91. The molecule has 5 aromatic rings. The number of nitrogens with zero attached hydrogens (tertiary/aromatic N) is 3. The van der Waals surface area contributed by atoms with Crippen LogP contribution in [0, 0.1) is 6.92 Å². The fourth-order valence-electron chi connectivity index (χ4n) is 4.37. The van der Waals surface area contributed by atoms with E-state index < -0.39 is 0 Å². The van der Waals surface area contributed by atoms with Crippen LogP contribution in [0.1, 0.15) is 28.3 Å². The van der Waals surface area contributed by atoms with Crippen LogP contribution in [0.2, 0.25) is 0 Å². The van der Waals surface area contributed by atoms with Crippen molar-refractivity contribution in [2.24, 2.45) is 0 Å². The van der Waals surface area contributed by atoms with Crippen LogP contribution in [-0.2, 0) is 17.9 Å². The summed E-state index contributed by atoms with van der Waals surface area (Å²) < 4.78 is 1.44. The number of carbonyl (C=O) groups is 1. The lowest BCUT2D eigenvalue weighted by Gasteiger charge is -2.19. The van der Waals surface area contributed by atoms with E-state index in [1.165, 1.54) is 4.57 Å². The number of H-pyrrole nitrogens is 1. The fraction of sp³-hybridized carbons (Fsp3) is 0.172. The van der Waals surface area contributed by atoms with Gasteiger partial charge in [0.2, 0.25) is 5.91 Å². The molecule has 0 unspecified atom stereocenters. The summed E-state index contributed by atoms with van der Waals surface area (Å²) in [6.45, 7) is 2.49. The van der Waals surface area contributed by atoms with Crippen molar-refractivity contribution >= 4 is 22.8 Å². The number of anilines is 1. The zero-order chi connectivity index (χ0) is 25.6. The largest absolute Gasteiger partial charge is 0.365 e. The van der Waals surface area contributed by atoms with Gasteiger partial charge in [0.15, 0.2) is 5.82 Å². The molecular weight excluding hydrogens is 464 g/mol. The normalized spacial score (nSPS) is 11.1. The van der Waals surface area contributed by atoms with Crippen LogP contribution in [0.4, 0.5) is 5.82 Å². The maximum absolute atomic E-state index is 13.2. The zero-order valence-electron chi connectivity index (χ0n) is 20.5. The Morgan fingerprint density at radius 1 is 0.973 bits per heavy atom. The lowest BCUT2D eigenvalue weighted by molar-refractivity contribution is -0.121. The molecule has 0 saturated heterocycles. The molecule has 8 nitrogen and oxygen atoms in total. The van der Waals surface area contributed by atoms with Crippen LogP contribution in [-0.4, -0.2) is 32.0 Å². The summed E-state index contributed by atoms with van der Waals surface area (Å²) in [4.78, 5) is 37.7. The van der Waals surface area contributed by atoms with Gasteiger partial charge in [-0.05, 0) is 35.7 Å². The molecular formula is C29H28N6O2. The van der Waals surface area contributed by atoms with Crippen molar-refractivity contribution in [2.75, 3.05) is 11.9 Å². The molecule has 3 heterocycles. The van der Waals surface area contributed by atoms with Gasteiger partial charge in [-0.25, -0.2) is 9.97 Å². The van der Waals surface area contributed by atoms with Gasteiger partial charge < -0.3 is 15.6 Å². The molecule has 1 amide bonds. The monoisotopic (exact) mass is 492 g/mol. The number of rotatable bonds is 9. The van der Waals surface area contributed by atoms with Crippen molar-refractivity contribution in [3.63, 3.8) is 0 Å². The third kappa shape index (κ3) is 5.59. The molecule has 3 aromatic heterocycles. The third-order valence-corrected chi connectivity index (χ3v) is 6.38. The molecule has 0 aliphatic rings. The Morgan fingerprint density at radius 3 is 2.38 bits per heavy atom. The quantitative estimate of drug-likeness (QED) is 0.289. The van der Waals surface area contributed by atoms with E-state index in [2.05, 4.69) is 49.9 Å². The number of amides is 1. The van der Waals surface area contributed by atoms with Crippen LogP contribution in [0.15, 0.2) is 96.2 Å². The summed E-state index contributed by atoms with van der Waals surface area (Å²) in [6.07, 6.45) is 5.16. The Kier molecular flexibility index (Phi) is 7.07. The molecule has 0 aliphatic carbocycles. The maximum Gasteiger partial charge on any atom is 0.293 e. The van der Waals surface area contributed by atoms with Crippen molar-refractivity contribution in [2.45, 2.75) is 25.9 Å². The van der Waals surface area contributed by atoms with Gasteiger partial charge in [-0.1, -0.05) is 60.7 Å². The van der Waals surface area contributed by atoms with Gasteiger partial charge in [-0.15, -0.1) is 0 Å². The van der Waals surface area contributed by atoms with Gasteiger partial charge in [0, 0.05) is 48.7 Å². The molecule has 37 heavy (non-hydrogen) atoms. The van der Waals surface area contributed by atoms with E-state index in [-0.39, 0.29) is 29.7 Å². The highest BCUT2D eigenvalue weighted by Crippen LogP contribution is 2.24. The number of aromatic amines is 1. The minimum Gasteiger partial charge on any atom is -0.365 e. The third-order valence-electron chi connectivity index (χ3n) is 6.38. The van der Waals surface area contributed by atoms with Gasteiger partial charge in [0.25, 0.3) is 5.56 Å². The van der Waals surface area contributed by atoms with Crippen molar-refractivity contribution in [3.8, 4) is 0 Å². The molecule has 0 spiro atoms. The van der Waals surface area contributed by atoms with E-state index in [0.29, 0.717) is 18.8 Å². The Balaban J connectivity index is 1.28. The van der Waals surface area contributed by atoms with Crippen molar-refractivity contribution in [1.29, 1.82) is 0 Å². The van der Waals surface area contributed by atoms with E-state index in [4.69, 9.17) is 0 Å². The van der Waals surface area contributed by atoms with Crippen LogP contribution in [0.25, 0.3) is 11.0 Å². The molecule has 2 aromatic carbocycles. The molecule has 5 rings (SSSR count). The standard InChI is InChI=1S/C29H28N6O2/c1-20-15-32-28(34-18-25(22-8-4-2-5-9-22)23-10-6-3-7-11-23)29(37)35(20)19-26(36)31-16-21-14-24-12-13-30-27(24)33-17-21/h2-15,17,25H,16,18-19H2,1H3,(H,30,33)(H,31,36)(H,32,34). The van der Waals surface area contributed by atoms with Gasteiger partial charge in [-0.3, -0.25) is 14.2 Å². The minimum atomic E-state index is -0.328. The van der Waals surface area contributed by atoms with Crippen LogP contribution in [0.3, 0.4) is 0 Å². The molecule has 0 aliphatic heterocycles. The fourth-order valence-corrected chi connectivity index (χ4v) is 4.37. The maximum atomic E-state index is 13.2. The molecule has 0 atom stereocenters. The number of fused-ring (bicyclic) bond motifs is 1. The number of hydrogen-bond donors (Lipinski definition) is 3. The topological polar surface area (TPSA) is 105 Å². The van der Waals surface area contributed by atoms with Gasteiger partial charge >= 0.3 is 0 Å². The van der Waals surface area contributed by atoms with E-state index >= 15 is 0 Å². The molecule has 0 bridgehead atoms. The molecule has 0 saturated carbocycles. The summed E-state index contributed by atoms with van der Waals surface area (Å²) >= 11 is 0. The summed E-state index contributed by atoms with van der Waals surface area (Å²) in [5.41, 5.74) is 4.25. The minimum absolute atomic E-state index is 0.0348. The highest BCUT2D eigenvalue weighted by molar-refractivity contribution is 5.77. The highest BCUT2D eigenvalue weighted by Gasteiger charge is 2.17. The molecule has 0 radical (unpaired) electrons. The highest BCUT2D eigenvalue weighted by atomic mass is 16.2. The first-order valence-electron chi connectivity index (χ1n) is 12.2. The Hall–Kier alpha value is -4.72. The predicted molar refractivity (Wildman–Crippen MR) is 144 cm³/mol. The van der Waals surface area contributed by atoms with Crippen LogP contribution >= 0.6 is 0 Å². The van der Waals surface area contributed by atoms with Crippen molar-refractivity contribution in [3.05, 3.63) is 124 Å². The Labute approximate surface area is 214 Å². The molecule has 186 valence electrons. The number of benzene rings is 2. The summed E-state index contributed by atoms with van der Waals surface area (Å²) in [7, 11) is 0. The van der Waals surface area contributed by atoms with Crippen molar-refractivity contribution in [1.82, 2.24) is 24.8 Å². The van der Waals surface area contributed by atoms with Crippen LogP contribution in [0.5, 0.6) is 0 Å². The average Bonchev–Trinajstić information content (AvgIpc) is 3.40. The average molecular weight is 493 g/mol. The lowest BCUT2D eigenvalue weighted by Crippen LogP contribution is -2.35. The molecule has 0 fully saturated rings. The number of aryl methyl sites for hydroxylation is 1. The van der Waals surface area contributed by atoms with E-state index in [0.717, 1.165) is 27.7 Å². The summed E-state index contributed by atoms with van der Waals surface area (Å²) in [5.74, 6) is -0.00652. The van der Waals surface area contributed by atoms with Crippen molar-refractivity contribution < 1.29 is 4.79 Å². The van der Waals surface area contributed by atoms with Gasteiger partial charge in [0.05, 0.1) is 0 Å². The second kappa shape index (κ2) is 10.9. The Bertz CT molecular complexity index is 1520. The number of aromatic nitrogens is 4.